The first-order valence-corrected chi connectivity index (χ1v) is 11.5. The smallest absolute Gasteiger partial charge is 0.310 e. The number of hydrogen-bond acceptors (Lipinski definition) is 5. The first-order chi connectivity index (χ1) is 15.1. The molecular formula is C25H33FN2O3. The first kappa shape index (κ1) is 23.2. The summed E-state index contributed by atoms with van der Waals surface area (Å²) in [7, 11) is 0. The molecule has 6 heteroatoms. The van der Waals surface area contributed by atoms with Crippen molar-refractivity contribution in [1.29, 1.82) is 0 Å². The number of carbonyl (C=O) groups excluding carboxylic acids is 1. The Labute approximate surface area is 184 Å². The van der Waals surface area contributed by atoms with Gasteiger partial charge in [0.05, 0.1) is 19.0 Å². The molecule has 1 fully saturated rings. The van der Waals surface area contributed by atoms with Crippen LogP contribution in [0.25, 0.3) is 11.4 Å². The Kier molecular flexibility index (Phi) is 8.80. The number of aromatic nitrogens is 2. The van der Waals surface area contributed by atoms with Crippen LogP contribution in [-0.4, -0.2) is 22.5 Å². The lowest BCUT2D eigenvalue weighted by atomic mass is 9.80. The summed E-state index contributed by atoms with van der Waals surface area (Å²) in [5.74, 6) is 1.32. The van der Waals surface area contributed by atoms with Gasteiger partial charge in [0, 0.05) is 12.0 Å². The van der Waals surface area contributed by atoms with E-state index in [1.165, 1.54) is 63.5 Å². The van der Waals surface area contributed by atoms with E-state index in [2.05, 4.69) is 16.9 Å². The molecule has 1 heterocycles. The zero-order valence-corrected chi connectivity index (χ0v) is 18.6. The van der Waals surface area contributed by atoms with Crippen molar-refractivity contribution in [2.75, 3.05) is 6.61 Å². The highest BCUT2D eigenvalue weighted by Crippen LogP contribution is 2.32. The van der Waals surface area contributed by atoms with Gasteiger partial charge in [0.15, 0.2) is 23.1 Å². The fraction of sp³-hybridized carbons (Fsp3) is 0.560. The largest absolute Gasteiger partial charge is 0.490 e. The molecule has 0 aliphatic heterocycles. The number of rotatable bonds is 10. The van der Waals surface area contributed by atoms with Gasteiger partial charge in [0.25, 0.3) is 0 Å². The molecule has 5 nitrogen and oxygen atoms in total. The van der Waals surface area contributed by atoms with Crippen molar-refractivity contribution in [2.45, 2.75) is 71.6 Å². The highest BCUT2D eigenvalue weighted by atomic mass is 19.1. The molecule has 0 saturated heterocycles. The molecule has 0 radical (unpaired) electrons. The Hall–Kier alpha value is -2.50. The highest BCUT2D eigenvalue weighted by molar-refractivity contribution is 5.72. The second kappa shape index (κ2) is 11.8. The third kappa shape index (κ3) is 7.01. The summed E-state index contributed by atoms with van der Waals surface area (Å²) in [6.45, 7) is 4.60. The van der Waals surface area contributed by atoms with Gasteiger partial charge in [-0.25, -0.2) is 14.4 Å². The number of nitrogens with zero attached hydrogens (tertiary/aromatic N) is 2. The predicted octanol–water partition coefficient (Wildman–Crippen LogP) is 6.36. The average Bonchev–Trinajstić information content (AvgIpc) is 2.80. The number of ether oxygens (including phenoxy) is 2. The lowest BCUT2D eigenvalue weighted by Crippen LogP contribution is -2.20. The number of carbonyl (C=O) groups is 1. The number of halogens is 1. The lowest BCUT2D eigenvalue weighted by molar-refractivity contribution is -0.134. The Balaban J connectivity index is 1.47. The van der Waals surface area contributed by atoms with E-state index in [0.717, 1.165) is 5.92 Å². The minimum Gasteiger partial charge on any atom is -0.490 e. The Morgan fingerprint density at radius 3 is 2.42 bits per heavy atom. The Bertz CT molecular complexity index is 833. The molecule has 0 spiro atoms. The molecule has 1 aliphatic rings. The first-order valence-electron chi connectivity index (χ1n) is 11.5. The van der Waals surface area contributed by atoms with Crippen molar-refractivity contribution in [3.63, 3.8) is 0 Å². The van der Waals surface area contributed by atoms with Crippen molar-refractivity contribution in [3.05, 3.63) is 36.4 Å². The third-order valence-corrected chi connectivity index (χ3v) is 6.00. The summed E-state index contributed by atoms with van der Waals surface area (Å²) in [5.41, 5.74) is 0.516. The van der Waals surface area contributed by atoms with Gasteiger partial charge in [-0.2, -0.15) is 0 Å². The van der Waals surface area contributed by atoms with Crippen LogP contribution in [0.3, 0.4) is 0 Å². The van der Waals surface area contributed by atoms with Crippen LogP contribution in [0.15, 0.2) is 30.6 Å². The highest BCUT2D eigenvalue weighted by Gasteiger charge is 2.21. The van der Waals surface area contributed by atoms with Crippen LogP contribution in [-0.2, 0) is 4.79 Å². The van der Waals surface area contributed by atoms with Crippen LogP contribution in [0.2, 0.25) is 0 Å². The topological polar surface area (TPSA) is 61.3 Å². The summed E-state index contributed by atoms with van der Waals surface area (Å²) in [5, 5.41) is 0. The lowest BCUT2D eigenvalue weighted by Gasteiger charge is -2.28. The molecule has 1 saturated carbocycles. The molecule has 0 N–H and O–H groups in total. The maximum Gasteiger partial charge on any atom is 0.310 e. The van der Waals surface area contributed by atoms with Gasteiger partial charge in [0.1, 0.15) is 0 Å². The van der Waals surface area contributed by atoms with Gasteiger partial charge in [-0.05, 0) is 42.9 Å². The Morgan fingerprint density at radius 2 is 1.77 bits per heavy atom. The van der Waals surface area contributed by atoms with Crippen molar-refractivity contribution in [3.8, 4) is 22.9 Å². The van der Waals surface area contributed by atoms with E-state index in [-0.39, 0.29) is 12.2 Å². The molecule has 2 aromatic rings. The molecule has 168 valence electrons. The minimum absolute atomic E-state index is 0.0874. The van der Waals surface area contributed by atoms with Crippen LogP contribution >= 0.6 is 0 Å². The molecule has 0 amide bonds. The molecule has 31 heavy (non-hydrogen) atoms. The van der Waals surface area contributed by atoms with Crippen molar-refractivity contribution in [2.24, 2.45) is 11.8 Å². The van der Waals surface area contributed by atoms with Gasteiger partial charge in [0.2, 0.25) is 0 Å². The van der Waals surface area contributed by atoms with E-state index >= 15 is 0 Å². The van der Waals surface area contributed by atoms with Crippen LogP contribution < -0.4 is 9.47 Å². The number of esters is 1. The van der Waals surface area contributed by atoms with Gasteiger partial charge in [-0.3, -0.25) is 4.79 Å². The monoisotopic (exact) mass is 428 g/mol. The number of benzene rings is 1. The summed E-state index contributed by atoms with van der Waals surface area (Å²) in [4.78, 5) is 20.0. The van der Waals surface area contributed by atoms with E-state index < -0.39 is 11.8 Å². The summed E-state index contributed by atoms with van der Waals surface area (Å²) < 4.78 is 25.1. The number of unbranched alkanes of at least 4 members (excludes halogenated alkanes) is 2. The predicted molar refractivity (Wildman–Crippen MR) is 118 cm³/mol. The zero-order chi connectivity index (χ0) is 22.1. The second-order valence-corrected chi connectivity index (χ2v) is 8.41. The third-order valence-electron chi connectivity index (χ3n) is 6.00. The summed E-state index contributed by atoms with van der Waals surface area (Å²) >= 11 is 0. The molecule has 0 atom stereocenters. The molecular weight excluding hydrogens is 395 g/mol. The summed E-state index contributed by atoms with van der Waals surface area (Å²) in [6, 6.07) is 4.33. The van der Waals surface area contributed by atoms with Gasteiger partial charge in [-0.15, -0.1) is 0 Å². The van der Waals surface area contributed by atoms with E-state index in [0.29, 0.717) is 29.7 Å². The van der Waals surface area contributed by atoms with Gasteiger partial charge in [-0.1, -0.05) is 52.4 Å². The fourth-order valence-corrected chi connectivity index (χ4v) is 4.04. The van der Waals surface area contributed by atoms with E-state index in [1.54, 1.807) is 25.4 Å². The van der Waals surface area contributed by atoms with Gasteiger partial charge >= 0.3 is 5.97 Å². The number of hydrogen-bond donors (Lipinski definition) is 0. The summed E-state index contributed by atoms with van der Waals surface area (Å²) in [6.07, 6.45) is 13.9. The van der Waals surface area contributed by atoms with Crippen LogP contribution in [0, 0.1) is 17.7 Å². The second-order valence-electron chi connectivity index (χ2n) is 8.41. The molecule has 0 bridgehead atoms. The maximum atomic E-state index is 14.2. The standard InChI is InChI=1S/C25H33FN2O3/c1-3-5-6-7-18-8-10-19(11-9-18)17-30-21-15-27-25(28-16-21)20-12-13-23(22(26)14-20)31-24(29)4-2/h12-16,18-19H,3-11,17H2,1-2H3/t18-,19-. The molecule has 1 aromatic heterocycles. The van der Waals surface area contributed by atoms with E-state index in [1.807, 2.05) is 0 Å². The Morgan fingerprint density at radius 1 is 1.06 bits per heavy atom. The van der Waals surface area contributed by atoms with Crippen molar-refractivity contribution in [1.82, 2.24) is 9.97 Å². The fourth-order valence-electron chi connectivity index (χ4n) is 4.04. The SMILES string of the molecule is CCCCC[C@H]1CC[C@H](COc2cnc(-c3ccc(OC(=O)CC)c(F)c3)nc2)CC1. The molecule has 1 aliphatic carbocycles. The molecule has 3 rings (SSSR count). The van der Waals surface area contributed by atoms with Crippen LogP contribution in [0.5, 0.6) is 11.5 Å². The maximum absolute atomic E-state index is 14.2. The van der Waals surface area contributed by atoms with E-state index in [4.69, 9.17) is 9.47 Å². The minimum atomic E-state index is -0.617. The molecule has 0 unspecified atom stereocenters. The van der Waals surface area contributed by atoms with E-state index in [9.17, 15) is 9.18 Å². The van der Waals surface area contributed by atoms with Gasteiger partial charge < -0.3 is 9.47 Å². The normalized spacial score (nSPS) is 18.5. The average molecular weight is 429 g/mol. The molecule has 1 aromatic carbocycles. The van der Waals surface area contributed by atoms with Crippen LogP contribution in [0.4, 0.5) is 4.39 Å². The van der Waals surface area contributed by atoms with Crippen LogP contribution in [0.1, 0.15) is 71.6 Å². The zero-order valence-electron chi connectivity index (χ0n) is 18.6. The quantitative estimate of drug-likeness (QED) is 0.250. The van der Waals surface area contributed by atoms with Crippen molar-refractivity contribution >= 4 is 5.97 Å². The van der Waals surface area contributed by atoms with Crippen molar-refractivity contribution < 1.29 is 18.7 Å².